The molecule has 1 N–H and O–H groups in total. The van der Waals surface area contributed by atoms with Gasteiger partial charge >= 0.3 is 0 Å². The number of ether oxygens (including phenoxy) is 1. The minimum absolute atomic E-state index is 0.136. The van der Waals surface area contributed by atoms with E-state index in [2.05, 4.69) is 30.9 Å². The van der Waals surface area contributed by atoms with Crippen LogP contribution in [0, 0.1) is 11.2 Å². The molecule has 0 saturated carbocycles. The number of carbonyl (C=O) groups is 1. The highest BCUT2D eigenvalue weighted by Gasteiger charge is 2.33. The molecule has 1 aliphatic heterocycles. The largest absolute Gasteiger partial charge is 0.496 e. The van der Waals surface area contributed by atoms with Gasteiger partial charge in [-0.05, 0) is 30.5 Å². The first-order chi connectivity index (χ1) is 11.5. The van der Waals surface area contributed by atoms with Crippen molar-refractivity contribution in [1.82, 2.24) is 5.32 Å². The van der Waals surface area contributed by atoms with Gasteiger partial charge in [-0.3, -0.25) is 9.79 Å². The molecule has 0 aliphatic carbocycles. The second kappa shape index (κ2) is 7.90. The number of nitrogens with zero attached hydrogens (tertiary/aromatic N) is 1. The fourth-order valence-electron chi connectivity index (χ4n) is 2.63. The quantitative estimate of drug-likeness (QED) is 0.451. The van der Waals surface area contributed by atoms with Crippen molar-refractivity contribution in [1.29, 1.82) is 0 Å². The Morgan fingerprint density at radius 1 is 1.42 bits per heavy atom. The molecule has 4 nitrogen and oxygen atoms in total. The van der Waals surface area contributed by atoms with Gasteiger partial charge in [0.1, 0.15) is 11.6 Å². The summed E-state index contributed by atoms with van der Waals surface area (Å²) in [5.74, 6) is 0.623. The van der Waals surface area contributed by atoms with E-state index >= 15 is 0 Å². The van der Waals surface area contributed by atoms with Crippen LogP contribution in [0.25, 0.3) is 0 Å². The summed E-state index contributed by atoms with van der Waals surface area (Å²) in [5.41, 5.74) is 2.73. The molecule has 0 aromatic heterocycles. The number of hydrogen-bond acceptors (Lipinski definition) is 3. The molecule has 0 saturated heterocycles. The van der Waals surface area contributed by atoms with Gasteiger partial charge in [-0.2, -0.15) is 0 Å². The maximum absolute atomic E-state index is 13.1. The predicted molar refractivity (Wildman–Crippen MR) is 93.2 cm³/mol. The molecule has 5 heteroatoms. The number of halogens is 1. The molecule has 0 atom stereocenters. The molecule has 1 heterocycles. The molecule has 0 fully saturated rings. The lowest BCUT2D eigenvalue weighted by Crippen LogP contribution is -2.15. The van der Waals surface area contributed by atoms with Crippen molar-refractivity contribution in [3.05, 3.63) is 58.8 Å². The minimum atomic E-state index is -0.249. The van der Waals surface area contributed by atoms with E-state index < -0.39 is 0 Å². The number of aliphatic imine (C=N–C) groups is 1. The number of carbonyl (C=O) groups excluding carboxylic acids is 1. The zero-order valence-electron chi connectivity index (χ0n) is 14.1. The Bertz CT molecular complexity index is 660. The van der Waals surface area contributed by atoms with Crippen molar-refractivity contribution in [3.8, 4) is 0 Å². The van der Waals surface area contributed by atoms with Gasteiger partial charge in [0, 0.05) is 36.1 Å². The molecular weight excluding hydrogens is 307 g/mol. The molecule has 0 unspecified atom stereocenters. The Labute approximate surface area is 142 Å². The van der Waals surface area contributed by atoms with Gasteiger partial charge in [0.25, 0.3) is 0 Å². The number of hydrogen-bond donors (Lipinski definition) is 1. The Kier molecular flexibility index (Phi) is 5.90. The van der Waals surface area contributed by atoms with Crippen LogP contribution in [-0.4, -0.2) is 26.3 Å². The van der Waals surface area contributed by atoms with Crippen LogP contribution >= 0.6 is 0 Å². The van der Waals surface area contributed by atoms with E-state index in [4.69, 9.17) is 4.74 Å². The summed E-state index contributed by atoms with van der Waals surface area (Å²) in [7, 11) is 0. The van der Waals surface area contributed by atoms with Gasteiger partial charge in [-0.15, -0.1) is 0 Å². The van der Waals surface area contributed by atoms with E-state index in [0.717, 1.165) is 22.6 Å². The molecule has 24 heavy (non-hydrogen) atoms. The summed E-state index contributed by atoms with van der Waals surface area (Å²) in [5, 5.41) is 2.62. The van der Waals surface area contributed by atoms with Crippen LogP contribution in [0.2, 0.25) is 0 Å². The highest BCUT2D eigenvalue weighted by molar-refractivity contribution is 5.46. The number of benzene rings is 1. The third-order valence-electron chi connectivity index (χ3n) is 4.04. The van der Waals surface area contributed by atoms with Gasteiger partial charge in [0.15, 0.2) is 0 Å². The van der Waals surface area contributed by atoms with Crippen molar-refractivity contribution in [2.24, 2.45) is 10.4 Å². The zero-order chi connectivity index (χ0) is 17.6. The van der Waals surface area contributed by atoms with Crippen LogP contribution in [0.1, 0.15) is 25.8 Å². The second-order valence-corrected chi connectivity index (χ2v) is 6.43. The first kappa shape index (κ1) is 17.9. The molecule has 2 rings (SSSR count). The lowest BCUT2D eigenvalue weighted by Gasteiger charge is -2.17. The zero-order valence-corrected chi connectivity index (χ0v) is 14.1. The topological polar surface area (TPSA) is 50.7 Å². The monoisotopic (exact) mass is 330 g/mol. The van der Waals surface area contributed by atoms with Gasteiger partial charge in [0.2, 0.25) is 6.41 Å². The van der Waals surface area contributed by atoms with Crippen molar-refractivity contribution in [3.63, 3.8) is 0 Å². The van der Waals surface area contributed by atoms with E-state index in [1.807, 2.05) is 6.08 Å². The van der Waals surface area contributed by atoms with Crippen LogP contribution in [0.5, 0.6) is 0 Å². The molecule has 0 bridgehead atoms. The number of amides is 1. The Balaban J connectivity index is 2.26. The number of allylic oxidation sites excluding steroid dienone is 2. The number of nitrogens with one attached hydrogen (secondary N) is 1. The molecule has 0 radical (unpaired) electrons. The lowest BCUT2D eigenvalue weighted by atomic mass is 9.84. The van der Waals surface area contributed by atoms with Gasteiger partial charge in [0.05, 0.1) is 6.61 Å². The normalized spacial score (nSPS) is 16.7. The maximum atomic E-state index is 13.1. The molecule has 1 aliphatic rings. The van der Waals surface area contributed by atoms with Crippen LogP contribution in [-0.2, 0) is 16.0 Å². The van der Waals surface area contributed by atoms with Crippen LogP contribution in [0.15, 0.2) is 52.4 Å². The highest BCUT2D eigenvalue weighted by Crippen LogP contribution is 2.39. The standard InChI is InChI=1S/C19H23FN2O2/c1-19(2)12-24-18(10-14-4-6-15(20)7-5-14)17(19)11-16(21-3)8-9-22-13-23/h4-7,11,13H,3,8-10,12H2,1-2H3,(H,22,23)/b16-11-. The van der Waals surface area contributed by atoms with Gasteiger partial charge in [-0.25, -0.2) is 4.39 Å². The first-order valence-electron chi connectivity index (χ1n) is 7.91. The molecule has 1 aromatic rings. The van der Waals surface area contributed by atoms with Crippen molar-refractivity contribution in [2.75, 3.05) is 13.2 Å². The Morgan fingerprint density at radius 3 is 2.75 bits per heavy atom. The average Bonchev–Trinajstić information content (AvgIpc) is 2.83. The number of rotatable bonds is 8. The second-order valence-electron chi connectivity index (χ2n) is 6.43. The van der Waals surface area contributed by atoms with Gasteiger partial charge < -0.3 is 10.1 Å². The Morgan fingerprint density at radius 2 is 2.12 bits per heavy atom. The summed E-state index contributed by atoms with van der Waals surface area (Å²) in [6, 6.07) is 6.43. The summed E-state index contributed by atoms with van der Waals surface area (Å²) >= 11 is 0. The van der Waals surface area contributed by atoms with E-state index in [1.54, 1.807) is 12.1 Å². The van der Waals surface area contributed by atoms with Crippen LogP contribution in [0.4, 0.5) is 4.39 Å². The lowest BCUT2D eigenvalue weighted by molar-refractivity contribution is -0.109. The smallest absolute Gasteiger partial charge is 0.207 e. The molecule has 128 valence electrons. The highest BCUT2D eigenvalue weighted by atomic mass is 19.1. The summed E-state index contributed by atoms with van der Waals surface area (Å²) in [6.07, 6.45) is 3.87. The maximum Gasteiger partial charge on any atom is 0.207 e. The fourth-order valence-corrected chi connectivity index (χ4v) is 2.63. The third kappa shape index (κ3) is 4.54. The average molecular weight is 330 g/mol. The molecule has 0 spiro atoms. The summed E-state index contributed by atoms with van der Waals surface area (Å²) in [4.78, 5) is 14.4. The van der Waals surface area contributed by atoms with E-state index in [9.17, 15) is 9.18 Å². The van der Waals surface area contributed by atoms with Crippen LogP contribution < -0.4 is 5.32 Å². The predicted octanol–water partition coefficient (Wildman–Crippen LogP) is 3.40. The van der Waals surface area contributed by atoms with Gasteiger partial charge in [-0.1, -0.05) is 26.0 Å². The van der Waals surface area contributed by atoms with Crippen molar-refractivity contribution in [2.45, 2.75) is 26.7 Å². The summed E-state index contributed by atoms with van der Waals surface area (Å²) in [6.45, 7) is 8.93. The minimum Gasteiger partial charge on any atom is -0.496 e. The third-order valence-corrected chi connectivity index (χ3v) is 4.04. The first-order valence-corrected chi connectivity index (χ1v) is 7.91. The molecule has 1 aromatic carbocycles. The van der Waals surface area contributed by atoms with Crippen molar-refractivity contribution < 1.29 is 13.9 Å². The van der Waals surface area contributed by atoms with Crippen molar-refractivity contribution >= 4 is 13.1 Å². The SMILES string of the molecule is C=N/C(=C\C1=C(Cc2ccc(F)cc2)OCC1(C)C)CCNC=O. The van der Waals surface area contributed by atoms with E-state index in [1.165, 1.54) is 12.1 Å². The van der Waals surface area contributed by atoms with E-state index in [-0.39, 0.29) is 11.2 Å². The Hall–Kier alpha value is -2.43. The summed E-state index contributed by atoms with van der Waals surface area (Å²) < 4.78 is 19.0. The molecule has 1 amide bonds. The fraction of sp³-hybridized carbons (Fsp3) is 0.368. The molecular formula is C19H23FN2O2. The van der Waals surface area contributed by atoms with Crippen LogP contribution in [0.3, 0.4) is 0 Å². The van der Waals surface area contributed by atoms with E-state index in [0.29, 0.717) is 32.4 Å².